The topological polar surface area (TPSA) is 12.4 Å². The molecule has 0 unspecified atom stereocenters. The average molecular weight is 253 g/mol. The number of rotatable bonds is 4. The fraction of sp³-hybridized carbons (Fsp3) is 0.278. The molecule has 1 nitrogen and oxygen atoms in total. The Morgan fingerprint density at radius 1 is 1.16 bits per heavy atom. The Bertz CT molecular complexity index is 557. The normalized spacial score (nSPS) is 13.6. The molecule has 1 aromatic carbocycles. The van der Waals surface area contributed by atoms with Gasteiger partial charge in [0.1, 0.15) is 0 Å². The largest absolute Gasteiger partial charge is 0.253 e. The number of hydrogen-bond donors (Lipinski definition) is 0. The van der Waals surface area contributed by atoms with E-state index in [0.29, 0.717) is 0 Å². The molecule has 0 N–H and O–H groups in total. The Balaban J connectivity index is 3.07. The Hall–Kier alpha value is -1.89. The molecule has 19 heavy (non-hydrogen) atoms. The minimum absolute atomic E-state index is 0.822. The maximum atomic E-state index is 4.64. The second kappa shape index (κ2) is 6.89. The molecule has 100 valence electrons. The SMILES string of the molecule is C=C(N=C(C)C(C)=C(C)C=CC)c1ccccc1C. The van der Waals surface area contributed by atoms with E-state index in [0.717, 1.165) is 17.0 Å². The predicted molar refractivity (Wildman–Crippen MR) is 86.5 cm³/mol. The Morgan fingerprint density at radius 3 is 2.37 bits per heavy atom. The third-order valence-electron chi connectivity index (χ3n) is 3.31. The number of benzene rings is 1. The van der Waals surface area contributed by atoms with E-state index in [1.165, 1.54) is 16.7 Å². The molecule has 0 fully saturated rings. The van der Waals surface area contributed by atoms with Crippen LogP contribution in [-0.4, -0.2) is 5.71 Å². The zero-order chi connectivity index (χ0) is 14.4. The van der Waals surface area contributed by atoms with Crippen LogP contribution < -0.4 is 0 Å². The van der Waals surface area contributed by atoms with Crippen LogP contribution in [-0.2, 0) is 0 Å². The standard InChI is InChI=1S/C18H23N/c1-7-10-13(2)15(4)16(5)19-17(6)18-12-9-8-11-14(18)3/h7-12H,6H2,1-5H3. The Labute approximate surface area is 117 Å². The first-order valence-corrected chi connectivity index (χ1v) is 6.58. The van der Waals surface area contributed by atoms with Crippen molar-refractivity contribution in [2.75, 3.05) is 0 Å². The van der Waals surface area contributed by atoms with Gasteiger partial charge in [-0.2, -0.15) is 0 Å². The van der Waals surface area contributed by atoms with Crippen molar-refractivity contribution in [2.45, 2.75) is 34.6 Å². The van der Waals surface area contributed by atoms with Crippen molar-refractivity contribution in [3.05, 3.63) is 65.3 Å². The number of aliphatic imine (C=N–C) groups is 1. The lowest BCUT2D eigenvalue weighted by Gasteiger charge is -2.08. The van der Waals surface area contributed by atoms with Crippen LogP contribution >= 0.6 is 0 Å². The van der Waals surface area contributed by atoms with E-state index in [4.69, 9.17) is 0 Å². The van der Waals surface area contributed by atoms with Crippen LogP contribution in [0, 0.1) is 6.92 Å². The van der Waals surface area contributed by atoms with Gasteiger partial charge in [0.05, 0.1) is 5.70 Å². The molecule has 0 amide bonds. The third-order valence-corrected chi connectivity index (χ3v) is 3.31. The zero-order valence-corrected chi connectivity index (χ0v) is 12.6. The van der Waals surface area contributed by atoms with Gasteiger partial charge in [-0.05, 0) is 51.3 Å². The van der Waals surface area contributed by atoms with Crippen LogP contribution in [0.3, 0.4) is 0 Å². The Morgan fingerprint density at radius 2 is 1.79 bits per heavy atom. The molecule has 1 heteroatoms. The molecule has 0 bridgehead atoms. The summed E-state index contributed by atoms with van der Waals surface area (Å²) in [5.41, 5.74) is 6.59. The van der Waals surface area contributed by atoms with E-state index < -0.39 is 0 Å². The molecule has 0 spiro atoms. The van der Waals surface area contributed by atoms with Crippen LogP contribution in [0.2, 0.25) is 0 Å². The van der Waals surface area contributed by atoms with Gasteiger partial charge in [-0.25, -0.2) is 0 Å². The van der Waals surface area contributed by atoms with Crippen molar-refractivity contribution < 1.29 is 0 Å². The molecule has 0 heterocycles. The van der Waals surface area contributed by atoms with Gasteiger partial charge in [0.2, 0.25) is 0 Å². The number of hydrogen-bond acceptors (Lipinski definition) is 1. The minimum atomic E-state index is 0.822. The molecule has 0 aromatic heterocycles. The summed E-state index contributed by atoms with van der Waals surface area (Å²) in [5.74, 6) is 0. The second-order valence-electron chi connectivity index (χ2n) is 4.77. The molecule has 0 aliphatic carbocycles. The van der Waals surface area contributed by atoms with Crippen LogP contribution in [0.4, 0.5) is 0 Å². The van der Waals surface area contributed by atoms with Crippen molar-refractivity contribution >= 4 is 11.4 Å². The third kappa shape index (κ3) is 4.06. The minimum Gasteiger partial charge on any atom is -0.253 e. The van der Waals surface area contributed by atoms with Gasteiger partial charge in [-0.1, -0.05) is 43.0 Å². The lowest BCUT2D eigenvalue weighted by molar-refractivity contribution is 1.35. The lowest BCUT2D eigenvalue weighted by Crippen LogP contribution is -1.97. The highest BCUT2D eigenvalue weighted by atomic mass is 14.8. The number of nitrogens with zero attached hydrogens (tertiary/aromatic N) is 1. The molecule has 1 aromatic rings. The van der Waals surface area contributed by atoms with E-state index in [1.54, 1.807) is 0 Å². The van der Waals surface area contributed by atoms with Gasteiger partial charge < -0.3 is 0 Å². The van der Waals surface area contributed by atoms with Crippen molar-refractivity contribution in [1.82, 2.24) is 0 Å². The molecule has 0 atom stereocenters. The summed E-state index contributed by atoms with van der Waals surface area (Å²) < 4.78 is 0. The van der Waals surface area contributed by atoms with Crippen LogP contribution in [0.5, 0.6) is 0 Å². The summed E-state index contributed by atoms with van der Waals surface area (Å²) in [6, 6.07) is 8.20. The maximum absolute atomic E-state index is 4.64. The summed E-state index contributed by atoms with van der Waals surface area (Å²) >= 11 is 0. The van der Waals surface area contributed by atoms with Gasteiger partial charge in [0.25, 0.3) is 0 Å². The van der Waals surface area contributed by atoms with E-state index in [1.807, 2.05) is 32.1 Å². The quantitative estimate of drug-likeness (QED) is 0.507. The fourth-order valence-corrected chi connectivity index (χ4v) is 1.90. The molecule has 0 aliphatic rings. The van der Waals surface area contributed by atoms with Gasteiger partial charge in [-0.15, -0.1) is 0 Å². The van der Waals surface area contributed by atoms with E-state index in [-0.39, 0.29) is 0 Å². The zero-order valence-electron chi connectivity index (χ0n) is 12.6. The van der Waals surface area contributed by atoms with Crippen molar-refractivity contribution in [3.8, 4) is 0 Å². The molecule has 0 saturated carbocycles. The van der Waals surface area contributed by atoms with Crippen molar-refractivity contribution in [3.63, 3.8) is 0 Å². The first kappa shape index (κ1) is 15.2. The molecule has 0 radical (unpaired) electrons. The van der Waals surface area contributed by atoms with Gasteiger partial charge in [0.15, 0.2) is 0 Å². The predicted octanol–water partition coefficient (Wildman–Crippen LogP) is 5.34. The number of allylic oxidation sites excluding steroid dienone is 4. The van der Waals surface area contributed by atoms with Crippen LogP contribution in [0.25, 0.3) is 5.70 Å². The molecular formula is C18H23N. The van der Waals surface area contributed by atoms with Gasteiger partial charge >= 0.3 is 0 Å². The fourth-order valence-electron chi connectivity index (χ4n) is 1.90. The number of aryl methyl sites for hydroxylation is 1. The van der Waals surface area contributed by atoms with Gasteiger partial charge in [-0.3, -0.25) is 4.99 Å². The van der Waals surface area contributed by atoms with Crippen LogP contribution in [0.1, 0.15) is 38.8 Å². The van der Waals surface area contributed by atoms with E-state index in [2.05, 4.69) is 50.6 Å². The smallest absolute Gasteiger partial charge is 0.0636 e. The average Bonchev–Trinajstić information content (AvgIpc) is 2.38. The second-order valence-corrected chi connectivity index (χ2v) is 4.77. The Kier molecular flexibility index (Phi) is 5.50. The first-order chi connectivity index (χ1) is 8.97. The monoisotopic (exact) mass is 253 g/mol. The van der Waals surface area contributed by atoms with Crippen LogP contribution in [0.15, 0.2) is 59.1 Å². The van der Waals surface area contributed by atoms with Gasteiger partial charge in [0, 0.05) is 11.3 Å². The molecule has 1 rings (SSSR count). The van der Waals surface area contributed by atoms with Crippen molar-refractivity contribution in [1.29, 1.82) is 0 Å². The first-order valence-electron chi connectivity index (χ1n) is 6.58. The van der Waals surface area contributed by atoms with E-state index in [9.17, 15) is 0 Å². The molecule has 0 saturated heterocycles. The van der Waals surface area contributed by atoms with Crippen molar-refractivity contribution in [2.24, 2.45) is 4.99 Å². The summed E-state index contributed by atoms with van der Waals surface area (Å²) in [4.78, 5) is 4.64. The lowest BCUT2D eigenvalue weighted by atomic mass is 10.0. The summed E-state index contributed by atoms with van der Waals surface area (Å²) in [6.07, 6.45) is 4.15. The highest BCUT2D eigenvalue weighted by molar-refractivity contribution is 6.01. The summed E-state index contributed by atoms with van der Waals surface area (Å²) in [5, 5.41) is 0. The van der Waals surface area contributed by atoms with E-state index >= 15 is 0 Å². The summed E-state index contributed by atoms with van der Waals surface area (Å²) in [6.45, 7) is 14.4. The maximum Gasteiger partial charge on any atom is 0.0636 e. The molecule has 0 aliphatic heterocycles. The molecular weight excluding hydrogens is 230 g/mol. The highest BCUT2D eigenvalue weighted by Gasteiger charge is 2.03. The summed E-state index contributed by atoms with van der Waals surface area (Å²) in [7, 11) is 0. The highest BCUT2D eigenvalue weighted by Crippen LogP contribution is 2.19.